The molecule has 0 saturated carbocycles. The molecule has 2 nitrogen and oxygen atoms in total. The minimum Gasteiger partial charge on any atom is -0.280 e. The van der Waals surface area contributed by atoms with E-state index in [-0.39, 0.29) is 5.92 Å². The molecule has 0 fully saturated rings. The van der Waals surface area contributed by atoms with Crippen LogP contribution < -0.4 is 0 Å². The highest BCUT2D eigenvalue weighted by Gasteiger charge is 2.43. The van der Waals surface area contributed by atoms with Gasteiger partial charge in [0.15, 0.2) is 0 Å². The summed E-state index contributed by atoms with van der Waals surface area (Å²) >= 11 is 5.61. The quantitative estimate of drug-likeness (QED) is 0.534. The Hall–Kier alpha value is -1.11. The molecule has 1 aliphatic carbocycles. The van der Waals surface area contributed by atoms with Crippen LogP contribution in [0, 0.1) is 11.3 Å². The number of halogens is 1. The van der Waals surface area contributed by atoms with E-state index in [0.29, 0.717) is 0 Å². The average molecular weight is 225 g/mol. The fourth-order valence-corrected chi connectivity index (χ4v) is 2.50. The third kappa shape index (κ3) is 1.83. The molecule has 0 aliphatic heterocycles. The maximum Gasteiger partial charge on any atom is 0.237 e. The van der Waals surface area contributed by atoms with E-state index in [4.69, 9.17) is 11.6 Å². The first-order chi connectivity index (χ1) is 6.95. The summed E-state index contributed by atoms with van der Waals surface area (Å²) in [4.78, 5) is 22.0. The van der Waals surface area contributed by atoms with Crippen LogP contribution in [0.1, 0.15) is 20.8 Å². The molecule has 80 valence electrons. The largest absolute Gasteiger partial charge is 0.280 e. The summed E-state index contributed by atoms with van der Waals surface area (Å²) in [6.07, 6.45) is 5.02. The van der Waals surface area contributed by atoms with Crippen LogP contribution >= 0.6 is 11.6 Å². The lowest BCUT2D eigenvalue weighted by atomic mass is 9.68. The highest BCUT2D eigenvalue weighted by Crippen LogP contribution is 2.43. The summed E-state index contributed by atoms with van der Waals surface area (Å²) in [5.41, 5.74) is 0.856. The van der Waals surface area contributed by atoms with E-state index in [9.17, 15) is 9.59 Å². The Morgan fingerprint density at radius 3 is 2.60 bits per heavy atom. The van der Waals surface area contributed by atoms with Crippen LogP contribution in [-0.4, -0.2) is 11.2 Å². The molecule has 1 aliphatic rings. The second kappa shape index (κ2) is 4.18. The number of carbonyl (C=O) groups is 1. The minimum atomic E-state index is -1.01. The lowest BCUT2D eigenvalue weighted by Gasteiger charge is -2.34. The van der Waals surface area contributed by atoms with E-state index in [1.807, 2.05) is 26.0 Å². The van der Waals surface area contributed by atoms with Gasteiger partial charge >= 0.3 is 0 Å². The number of allylic oxidation sites excluding steroid dienone is 5. The lowest BCUT2D eigenvalue weighted by Crippen LogP contribution is -2.35. The smallest absolute Gasteiger partial charge is 0.237 e. The second-order valence-electron chi connectivity index (χ2n) is 3.93. The van der Waals surface area contributed by atoms with Crippen molar-refractivity contribution in [3.8, 4) is 0 Å². The first-order valence-electron chi connectivity index (χ1n) is 4.74. The fourth-order valence-electron chi connectivity index (χ4n) is 2.12. The Morgan fingerprint density at radius 2 is 2.20 bits per heavy atom. The number of carbonyl (C=O) groups excluding carboxylic acids is 2. The summed E-state index contributed by atoms with van der Waals surface area (Å²) in [7, 11) is 0. The highest BCUT2D eigenvalue weighted by molar-refractivity contribution is 6.65. The molecule has 15 heavy (non-hydrogen) atoms. The first kappa shape index (κ1) is 12.0. The molecule has 0 aromatic rings. The van der Waals surface area contributed by atoms with Crippen LogP contribution in [0.15, 0.2) is 29.4 Å². The third-order valence-electron chi connectivity index (χ3n) is 2.94. The summed E-state index contributed by atoms with van der Waals surface area (Å²) in [5.74, 6) is 1.57. The molecule has 2 atom stereocenters. The normalized spacial score (nSPS) is 30.0. The van der Waals surface area contributed by atoms with Gasteiger partial charge in [-0.2, -0.15) is 0 Å². The molecule has 0 amide bonds. The molecule has 3 heteroatoms. The van der Waals surface area contributed by atoms with Gasteiger partial charge in [-0.25, -0.2) is 4.79 Å². The Kier molecular flexibility index (Phi) is 3.33. The van der Waals surface area contributed by atoms with Gasteiger partial charge in [0.1, 0.15) is 5.94 Å². The molecular weight excluding hydrogens is 212 g/mol. The monoisotopic (exact) mass is 224 g/mol. The van der Waals surface area contributed by atoms with Crippen molar-refractivity contribution in [1.82, 2.24) is 0 Å². The predicted molar refractivity (Wildman–Crippen MR) is 60.2 cm³/mol. The van der Waals surface area contributed by atoms with Crippen molar-refractivity contribution in [3.63, 3.8) is 0 Å². The molecular formula is C12H13ClO2. The molecule has 1 rings (SSSR count). The fraction of sp³-hybridized carbons (Fsp3) is 0.417. The van der Waals surface area contributed by atoms with E-state index in [1.165, 1.54) is 6.08 Å². The maximum absolute atomic E-state index is 11.5. The van der Waals surface area contributed by atoms with Gasteiger partial charge in [0, 0.05) is 6.08 Å². The highest BCUT2D eigenvalue weighted by atomic mass is 35.5. The van der Waals surface area contributed by atoms with E-state index >= 15 is 0 Å². The number of hydrogen-bond acceptors (Lipinski definition) is 2. The van der Waals surface area contributed by atoms with Crippen molar-refractivity contribution in [3.05, 3.63) is 29.4 Å². The van der Waals surface area contributed by atoms with Crippen LogP contribution in [0.4, 0.5) is 0 Å². The molecule has 0 aromatic carbocycles. The van der Waals surface area contributed by atoms with Crippen molar-refractivity contribution in [1.29, 1.82) is 0 Å². The number of hydrogen-bond donors (Lipinski definition) is 0. The van der Waals surface area contributed by atoms with Gasteiger partial charge in [-0.05, 0) is 31.4 Å². The minimum absolute atomic E-state index is 0.117. The Labute approximate surface area is 94.3 Å². The standard InChI is InChI=1S/C12H13ClO2/c1-8-6-9(2)12(4-5-14,11(13)15)10(3)7-8/h4,6-7,9H,1-3H3. The van der Waals surface area contributed by atoms with Crippen LogP contribution in [0.5, 0.6) is 0 Å². The Bertz CT molecular complexity index is 396. The van der Waals surface area contributed by atoms with Crippen molar-refractivity contribution < 1.29 is 9.59 Å². The van der Waals surface area contributed by atoms with Crippen molar-refractivity contribution in [2.24, 2.45) is 11.3 Å². The van der Waals surface area contributed by atoms with Crippen molar-refractivity contribution in [2.45, 2.75) is 20.8 Å². The molecule has 0 spiro atoms. The Balaban J connectivity index is 3.38. The Morgan fingerprint density at radius 1 is 1.60 bits per heavy atom. The van der Waals surface area contributed by atoms with Gasteiger partial charge in [-0.15, -0.1) is 0 Å². The van der Waals surface area contributed by atoms with Gasteiger partial charge in [0.2, 0.25) is 5.24 Å². The summed E-state index contributed by atoms with van der Waals surface area (Å²) in [5, 5.41) is -0.532. The number of rotatable bonds is 2. The molecule has 0 bridgehead atoms. The van der Waals surface area contributed by atoms with Crippen LogP contribution in [0.2, 0.25) is 0 Å². The molecule has 0 heterocycles. The molecule has 0 N–H and O–H groups in total. The van der Waals surface area contributed by atoms with Gasteiger partial charge < -0.3 is 0 Å². The van der Waals surface area contributed by atoms with Gasteiger partial charge in [-0.1, -0.05) is 30.2 Å². The summed E-state index contributed by atoms with van der Waals surface area (Å²) in [6, 6.07) is 0. The molecule has 0 saturated heterocycles. The van der Waals surface area contributed by atoms with E-state index in [1.54, 1.807) is 12.9 Å². The summed E-state index contributed by atoms with van der Waals surface area (Å²) in [6.45, 7) is 5.63. The van der Waals surface area contributed by atoms with Crippen LogP contribution in [0.3, 0.4) is 0 Å². The second-order valence-corrected chi connectivity index (χ2v) is 4.27. The van der Waals surface area contributed by atoms with Crippen LogP contribution in [0.25, 0.3) is 0 Å². The topological polar surface area (TPSA) is 34.1 Å². The van der Waals surface area contributed by atoms with Gasteiger partial charge in [0.05, 0.1) is 5.41 Å². The SMILES string of the molecule is CC1=CC(C)C(C=C=O)(C(=O)Cl)C(C)=C1. The van der Waals surface area contributed by atoms with E-state index in [0.717, 1.165) is 11.1 Å². The van der Waals surface area contributed by atoms with E-state index < -0.39 is 10.7 Å². The zero-order valence-electron chi connectivity index (χ0n) is 9.00. The lowest BCUT2D eigenvalue weighted by molar-refractivity contribution is -0.118. The maximum atomic E-state index is 11.5. The summed E-state index contributed by atoms with van der Waals surface area (Å²) < 4.78 is 0. The van der Waals surface area contributed by atoms with Gasteiger partial charge in [-0.3, -0.25) is 4.79 Å². The average Bonchev–Trinajstić information content (AvgIpc) is 2.10. The zero-order chi connectivity index (χ0) is 11.6. The predicted octanol–water partition coefficient (Wildman–Crippen LogP) is 2.67. The van der Waals surface area contributed by atoms with Crippen LogP contribution in [-0.2, 0) is 9.59 Å². The molecule has 0 radical (unpaired) electrons. The van der Waals surface area contributed by atoms with Crippen molar-refractivity contribution in [2.75, 3.05) is 0 Å². The van der Waals surface area contributed by atoms with Crippen molar-refractivity contribution >= 4 is 22.8 Å². The first-order valence-corrected chi connectivity index (χ1v) is 5.12. The molecule has 2 unspecified atom stereocenters. The van der Waals surface area contributed by atoms with Gasteiger partial charge in [0.25, 0.3) is 0 Å². The zero-order valence-corrected chi connectivity index (χ0v) is 9.76. The van der Waals surface area contributed by atoms with E-state index in [2.05, 4.69) is 0 Å². The third-order valence-corrected chi connectivity index (χ3v) is 3.25. The molecule has 0 aromatic heterocycles.